The smallest absolute Gasteiger partial charge is 0.172 e. The molecule has 0 aliphatic carbocycles. The summed E-state index contributed by atoms with van der Waals surface area (Å²) >= 11 is 9.02. The fourth-order valence-electron chi connectivity index (χ4n) is 1.21. The Kier molecular flexibility index (Phi) is 3.49. The van der Waals surface area contributed by atoms with Crippen LogP contribution in [0, 0.1) is 5.82 Å². The van der Waals surface area contributed by atoms with Crippen LogP contribution in [0.15, 0.2) is 35.1 Å². The van der Waals surface area contributed by atoms with E-state index in [-0.39, 0.29) is 22.2 Å². The second-order valence-electron chi connectivity index (χ2n) is 3.22. The van der Waals surface area contributed by atoms with Gasteiger partial charge < -0.3 is 10.5 Å². The monoisotopic (exact) mass is 316 g/mol. The molecule has 0 amide bonds. The quantitative estimate of drug-likeness (QED) is 0.910. The van der Waals surface area contributed by atoms with Crippen molar-refractivity contribution in [1.29, 1.82) is 0 Å². The summed E-state index contributed by atoms with van der Waals surface area (Å²) in [5.74, 6) is -0.262. The second kappa shape index (κ2) is 4.89. The number of ether oxygens (including phenoxy) is 1. The van der Waals surface area contributed by atoms with Gasteiger partial charge in [0.25, 0.3) is 0 Å². The second-order valence-corrected chi connectivity index (χ2v) is 4.54. The first-order chi connectivity index (χ1) is 8.08. The molecule has 0 spiro atoms. The molecule has 2 N–H and O–H groups in total. The van der Waals surface area contributed by atoms with Crippen LogP contribution in [0.5, 0.6) is 11.5 Å². The number of hydrogen-bond donors (Lipinski definition) is 1. The van der Waals surface area contributed by atoms with Gasteiger partial charge in [0, 0.05) is 10.7 Å². The van der Waals surface area contributed by atoms with E-state index in [4.69, 9.17) is 22.1 Å². The Morgan fingerprint density at radius 1 is 1.35 bits per heavy atom. The molecule has 3 nitrogen and oxygen atoms in total. The Labute approximate surface area is 110 Å². The number of nitrogens with zero attached hydrogens (tertiary/aromatic N) is 1. The number of pyridine rings is 1. The highest BCUT2D eigenvalue weighted by Gasteiger charge is 2.11. The molecule has 6 heteroatoms. The largest absolute Gasteiger partial charge is 0.450 e. The summed E-state index contributed by atoms with van der Waals surface area (Å²) < 4.78 is 19.5. The number of benzene rings is 1. The molecule has 2 aromatic rings. The Morgan fingerprint density at radius 3 is 2.76 bits per heavy atom. The Morgan fingerprint density at radius 2 is 2.12 bits per heavy atom. The maximum absolute atomic E-state index is 13.5. The minimum atomic E-state index is -0.508. The lowest BCUT2D eigenvalue weighted by Gasteiger charge is -2.10. The summed E-state index contributed by atoms with van der Waals surface area (Å²) in [6, 6.07) is 4.43. The summed E-state index contributed by atoms with van der Waals surface area (Å²) in [4.78, 5) is 3.78. The molecule has 0 saturated carbocycles. The standard InChI is InChI=1S/C11H7BrClFN2O/c12-6-1-2-10(8(14)3-6)17-11-7(13)4-16-5-9(11)15/h1-5H,15H2. The summed E-state index contributed by atoms with van der Waals surface area (Å²) in [6.45, 7) is 0. The lowest BCUT2D eigenvalue weighted by atomic mass is 10.3. The predicted octanol–water partition coefficient (Wildman–Crippen LogP) is 4.01. The lowest BCUT2D eigenvalue weighted by Crippen LogP contribution is -1.95. The molecule has 0 unspecified atom stereocenters. The SMILES string of the molecule is Nc1cncc(Cl)c1Oc1ccc(Br)cc1F. The average molecular weight is 318 g/mol. The van der Waals surface area contributed by atoms with Gasteiger partial charge in [-0.15, -0.1) is 0 Å². The fourth-order valence-corrected chi connectivity index (χ4v) is 1.75. The van der Waals surface area contributed by atoms with E-state index >= 15 is 0 Å². The van der Waals surface area contributed by atoms with Crippen molar-refractivity contribution in [3.8, 4) is 11.5 Å². The molecule has 0 fully saturated rings. The van der Waals surface area contributed by atoms with Crippen molar-refractivity contribution in [3.05, 3.63) is 45.9 Å². The molecule has 0 atom stereocenters. The van der Waals surface area contributed by atoms with E-state index < -0.39 is 5.82 Å². The zero-order valence-corrected chi connectivity index (χ0v) is 10.8. The first-order valence-corrected chi connectivity index (χ1v) is 5.77. The van der Waals surface area contributed by atoms with Crippen LogP contribution >= 0.6 is 27.5 Å². The Hall–Kier alpha value is -1.33. The minimum Gasteiger partial charge on any atom is -0.450 e. The van der Waals surface area contributed by atoms with Gasteiger partial charge in [0.2, 0.25) is 0 Å². The van der Waals surface area contributed by atoms with Crippen molar-refractivity contribution in [2.45, 2.75) is 0 Å². The third kappa shape index (κ3) is 2.68. The highest BCUT2D eigenvalue weighted by molar-refractivity contribution is 9.10. The van der Waals surface area contributed by atoms with Crippen molar-refractivity contribution in [2.75, 3.05) is 5.73 Å². The summed E-state index contributed by atoms with van der Waals surface area (Å²) in [7, 11) is 0. The van der Waals surface area contributed by atoms with Crippen molar-refractivity contribution in [2.24, 2.45) is 0 Å². The average Bonchev–Trinajstić information content (AvgIpc) is 2.26. The van der Waals surface area contributed by atoms with Gasteiger partial charge >= 0.3 is 0 Å². The van der Waals surface area contributed by atoms with Gasteiger partial charge in [0.1, 0.15) is 5.02 Å². The maximum atomic E-state index is 13.5. The molecule has 1 aromatic carbocycles. The summed E-state index contributed by atoms with van der Waals surface area (Å²) in [6.07, 6.45) is 2.77. The third-order valence-electron chi connectivity index (χ3n) is 1.99. The van der Waals surface area contributed by atoms with Gasteiger partial charge in [-0.2, -0.15) is 0 Å². The van der Waals surface area contributed by atoms with Crippen LogP contribution in [0.2, 0.25) is 5.02 Å². The topological polar surface area (TPSA) is 48.1 Å². The number of anilines is 1. The van der Waals surface area contributed by atoms with Crippen LogP contribution in [-0.2, 0) is 0 Å². The van der Waals surface area contributed by atoms with Crippen molar-refractivity contribution in [3.63, 3.8) is 0 Å². The van der Waals surface area contributed by atoms with Crippen LogP contribution in [0.25, 0.3) is 0 Å². The Bertz CT molecular complexity index is 545. The van der Waals surface area contributed by atoms with Crippen LogP contribution in [0.3, 0.4) is 0 Å². The van der Waals surface area contributed by atoms with Crippen molar-refractivity contribution in [1.82, 2.24) is 4.98 Å². The van der Waals surface area contributed by atoms with E-state index in [9.17, 15) is 4.39 Å². The van der Waals surface area contributed by atoms with Gasteiger partial charge in [-0.25, -0.2) is 4.39 Å². The normalized spacial score (nSPS) is 10.3. The van der Waals surface area contributed by atoms with Gasteiger partial charge in [-0.05, 0) is 18.2 Å². The van der Waals surface area contributed by atoms with Gasteiger partial charge in [-0.1, -0.05) is 27.5 Å². The van der Waals surface area contributed by atoms with E-state index in [2.05, 4.69) is 20.9 Å². The molecule has 1 aromatic heterocycles. The van der Waals surface area contributed by atoms with Crippen LogP contribution in [0.4, 0.5) is 10.1 Å². The van der Waals surface area contributed by atoms with Crippen LogP contribution in [0.1, 0.15) is 0 Å². The molecule has 0 saturated heterocycles. The molecule has 17 heavy (non-hydrogen) atoms. The number of halogens is 3. The molecule has 0 aliphatic rings. The van der Waals surface area contributed by atoms with Crippen LogP contribution in [-0.4, -0.2) is 4.98 Å². The van der Waals surface area contributed by atoms with E-state index in [1.165, 1.54) is 24.5 Å². The number of aromatic nitrogens is 1. The van der Waals surface area contributed by atoms with E-state index in [1.54, 1.807) is 6.07 Å². The lowest BCUT2D eigenvalue weighted by molar-refractivity contribution is 0.443. The molecular formula is C11H7BrClFN2O. The highest BCUT2D eigenvalue weighted by atomic mass is 79.9. The molecular weight excluding hydrogens is 310 g/mol. The Balaban J connectivity index is 2.38. The minimum absolute atomic E-state index is 0.0491. The van der Waals surface area contributed by atoms with Crippen molar-refractivity contribution >= 4 is 33.2 Å². The van der Waals surface area contributed by atoms with Crippen LogP contribution < -0.4 is 10.5 Å². The molecule has 0 radical (unpaired) electrons. The molecule has 1 heterocycles. The maximum Gasteiger partial charge on any atom is 0.172 e. The number of nitrogens with two attached hydrogens (primary N) is 1. The van der Waals surface area contributed by atoms with E-state index in [1.807, 2.05) is 0 Å². The summed E-state index contributed by atoms with van der Waals surface area (Å²) in [5.41, 5.74) is 5.90. The molecule has 0 bridgehead atoms. The van der Waals surface area contributed by atoms with Gasteiger partial charge in [-0.3, -0.25) is 4.98 Å². The zero-order chi connectivity index (χ0) is 12.4. The predicted molar refractivity (Wildman–Crippen MR) is 67.8 cm³/mol. The number of rotatable bonds is 2. The molecule has 0 aliphatic heterocycles. The number of nitrogen functional groups attached to an aromatic ring is 1. The summed E-state index contributed by atoms with van der Waals surface area (Å²) in [5, 5.41) is 0.229. The molecule has 2 rings (SSSR count). The van der Waals surface area contributed by atoms with Crippen molar-refractivity contribution < 1.29 is 9.13 Å². The third-order valence-corrected chi connectivity index (χ3v) is 2.75. The fraction of sp³-hybridized carbons (Fsp3) is 0. The zero-order valence-electron chi connectivity index (χ0n) is 8.45. The van der Waals surface area contributed by atoms with E-state index in [0.717, 1.165) is 0 Å². The van der Waals surface area contributed by atoms with Gasteiger partial charge in [0.05, 0.1) is 11.9 Å². The van der Waals surface area contributed by atoms with Gasteiger partial charge in [0.15, 0.2) is 17.3 Å². The molecule has 88 valence electrons. The highest BCUT2D eigenvalue weighted by Crippen LogP contribution is 2.35. The first-order valence-electron chi connectivity index (χ1n) is 4.60. The van der Waals surface area contributed by atoms with E-state index in [0.29, 0.717) is 4.47 Å². The first kappa shape index (κ1) is 12.1. The number of hydrogen-bond acceptors (Lipinski definition) is 3.